The Hall–Kier alpha value is -2.31. The van der Waals surface area contributed by atoms with Crippen LogP contribution < -0.4 is 0 Å². The summed E-state index contributed by atoms with van der Waals surface area (Å²) in [4.78, 5) is 35.6. The van der Waals surface area contributed by atoms with Crippen molar-refractivity contribution in [2.75, 3.05) is 13.1 Å². The molecule has 7 heteroatoms. The molecule has 7 nitrogen and oxygen atoms in total. The van der Waals surface area contributed by atoms with Crippen LogP contribution in [0.25, 0.3) is 0 Å². The van der Waals surface area contributed by atoms with E-state index in [9.17, 15) is 19.5 Å². The molecule has 1 fully saturated rings. The van der Waals surface area contributed by atoms with E-state index in [2.05, 4.69) is 0 Å². The zero-order valence-electron chi connectivity index (χ0n) is 10.7. The minimum Gasteiger partial charge on any atom is -0.481 e. The maximum absolute atomic E-state index is 12.0. The molecule has 1 aliphatic heterocycles. The van der Waals surface area contributed by atoms with Gasteiger partial charge in [0.1, 0.15) is 11.7 Å². The Morgan fingerprint density at radius 2 is 1.85 bits per heavy atom. The number of hydrogen-bond acceptors (Lipinski definition) is 4. The Balaban J connectivity index is 2.11. The van der Waals surface area contributed by atoms with Crippen molar-refractivity contribution in [1.29, 1.82) is 0 Å². The van der Waals surface area contributed by atoms with Crippen molar-refractivity contribution in [3.05, 3.63) is 23.7 Å². The highest BCUT2D eigenvalue weighted by molar-refractivity contribution is 5.87. The highest BCUT2D eigenvalue weighted by Gasteiger charge is 2.30. The number of carboxylic acid groups (broad SMARTS) is 2. The molecule has 1 amide bonds. The summed E-state index contributed by atoms with van der Waals surface area (Å²) < 4.78 is 4.98. The summed E-state index contributed by atoms with van der Waals surface area (Å²) in [5.41, 5.74) is 0. The van der Waals surface area contributed by atoms with Crippen molar-refractivity contribution < 1.29 is 29.0 Å². The van der Waals surface area contributed by atoms with E-state index < -0.39 is 17.9 Å². The molecular weight excluding hydrogens is 266 g/mol. The number of carbonyl (C=O) groups is 3. The SMILES string of the molecule is O=C(O)c1ccc(C(CC(=O)N2CCCC2)C(=O)O)o1. The van der Waals surface area contributed by atoms with E-state index in [0.29, 0.717) is 13.1 Å². The van der Waals surface area contributed by atoms with Crippen molar-refractivity contribution in [2.45, 2.75) is 25.2 Å². The Morgan fingerprint density at radius 3 is 2.35 bits per heavy atom. The van der Waals surface area contributed by atoms with Crippen molar-refractivity contribution in [1.82, 2.24) is 4.90 Å². The predicted molar refractivity (Wildman–Crippen MR) is 66.5 cm³/mol. The molecule has 0 bridgehead atoms. The Labute approximate surface area is 114 Å². The summed E-state index contributed by atoms with van der Waals surface area (Å²) in [5, 5.41) is 17.9. The number of furan rings is 1. The van der Waals surface area contributed by atoms with Gasteiger partial charge in [-0.15, -0.1) is 0 Å². The fourth-order valence-electron chi connectivity index (χ4n) is 2.23. The number of carboxylic acids is 2. The lowest BCUT2D eigenvalue weighted by Gasteiger charge is -2.17. The van der Waals surface area contributed by atoms with Crippen LogP contribution in [-0.2, 0) is 9.59 Å². The van der Waals surface area contributed by atoms with Crippen LogP contribution in [0.1, 0.15) is 41.5 Å². The van der Waals surface area contributed by atoms with Gasteiger partial charge in [-0.3, -0.25) is 9.59 Å². The molecule has 1 saturated heterocycles. The fraction of sp³-hybridized carbons (Fsp3) is 0.462. The van der Waals surface area contributed by atoms with Crippen LogP contribution >= 0.6 is 0 Å². The quantitative estimate of drug-likeness (QED) is 0.838. The molecule has 0 saturated carbocycles. The molecule has 1 aromatic heterocycles. The normalized spacial score (nSPS) is 16.1. The van der Waals surface area contributed by atoms with Gasteiger partial charge in [0, 0.05) is 19.5 Å². The monoisotopic (exact) mass is 281 g/mol. The van der Waals surface area contributed by atoms with Gasteiger partial charge in [-0.1, -0.05) is 0 Å². The van der Waals surface area contributed by atoms with Crippen LogP contribution in [0, 0.1) is 0 Å². The third kappa shape index (κ3) is 2.98. The summed E-state index contributed by atoms with van der Waals surface area (Å²) in [7, 11) is 0. The highest BCUT2D eigenvalue weighted by Crippen LogP contribution is 2.24. The van der Waals surface area contributed by atoms with Gasteiger partial charge >= 0.3 is 11.9 Å². The zero-order chi connectivity index (χ0) is 14.7. The lowest BCUT2D eigenvalue weighted by Crippen LogP contribution is -2.30. The van der Waals surface area contributed by atoms with Gasteiger partial charge in [0.15, 0.2) is 0 Å². The van der Waals surface area contributed by atoms with Gasteiger partial charge < -0.3 is 19.5 Å². The summed E-state index contributed by atoms with van der Waals surface area (Å²) in [6.07, 6.45) is 1.63. The lowest BCUT2D eigenvalue weighted by molar-refractivity contribution is -0.143. The van der Waals surface area contributed by atoms with E-state index >= 15 is 0 Å². The Bertz CT molecular complexity index is 529. The largest absolute Gasteiger partial charge is 0.481 e. The summed E-state index contributed by atoms with van der Waals surface area (Å²) >= 11 is 0. The first-order valence-corrected chi connectivity index (χ1v) is 6.32. The van der Waals surface area contributed by atoms with E-state index in [1.54, 1.807) is 4.90 Å². The topological polar surface area (TPSA) is 108 Å². The average molecular weight is 281 g/mol. The molecule has 0 spiro atoms. The first-order chi connectivity index (χ1) is 9.49. The first kappa shape index (κ1) is 14.1. The molecule has 0 aliphatic carbocycles. The number of carbonyl (C=O) groups excluding carboxylic acids is 1. The van der Waals surface area contributed by atoms with Crippen LogP contribution in [-0.4, -0.2) is 46.0 Å². The number of likely N-dealkylation sites (tertiary alicyclic amines) is 1. The second kappa shape index (κ2) is 5.77. The van der Waals surface area contributed by atoms with Gasteiger partial charge in [0.25, 0.3) is 0 Å². The number of aromatic carboxylic acids is 1. The first-order valence-electron chi connectivity index (χ1n) is 6.32. The fourth-order valence-corrected chi connectivity index (χ4v) is 2.23. The molecule has 2 rings (SSSR count). The van der Waals surface area contributed by atoms with Gasteiger partial charge in [-0.05, 0) is 25.0 Å². The molecule has 1 aliphatic rings. The molecule has 1 aromatic rings. The van der Waals surface area contributed by atoms with Crippen molar-refractivity contribution >= 4 is 17.8 Å². The maximum Gasteiger partial charge on any atom is 0.371 e. The standard InChI is InChI=1S/C13H15NO6/c15-11(14-5-1-2-6-14)7-8(12(16)17)9-3-4-10(20-9)13(18)19/h3-4,8H,1-2,5-7H2,(H,16,17)(H,18,19). The minimum atomic E-state index is -1.27. The van der Waals surface area contributed by atoms with Gasteiger partial charge in [-0.2, -0.15) is 0 Å². The molecule has 20 heavy (non-hydrogen) atoms. The van der Waals surface area contributed by atoms with Crippen LogP contribution in [0.15, 0.2) is 16.5 Å². The van der Waals surface area contributed by atoms with Crippen LogP contribution in [0.3, 0.4) is 0 Å². The van der Waals surface area contributed by atoms with Crippen molar-refractivity contribution in [3.63, 3.8) is 0 Å². The second-order valence-electron chi connectivity index (χ2n) is 4.69. The van der Waals surface area contributed by atoms with Crippen LogP contribution in [0.5, 0.6) is 0 Å². The summed E-state index contributed by atoms with van der Waals surface area (Å²) in [6, 6.07) is 2.48. The Morgan fingerprint density at radius 1 is 1.20 bits per heavy atom. The molecule has 0 aromatic carbocycles. The second-order valence-corrected chi connectivity index (χ2v) is 4.69. The van der Waals surface area contributed by atoms with Crippen molar-refractivity contribution in [2.24, 2.45) is 0 Å². The number of hydrogen-bond donors (Lipinski definition) is 2. The van der Waals surface area contributed by atoms with Gasteiger partial charge in [-0.25, -0.2) is 4.79 Å². The highest BCUT2D eigenvalue weighted by atomic mass is 16.4. The third-order valence-electron chi connectivity index (χ3n) is 3.32. The summed E-state index contributed by atoms with van der Waals surface area (Å²) in [5.74, 6) is -4.23. The van der Waals surface area contributed by atoms with E-state index in [1.807, 2.05) is 0 Å². The van der Waals surface area contributed by atoms with E-state index in [4.69, 9.17) is 9.52 Å². The third-order valence-corrected chi connectivity index (χ3v) is 3.32. The molecule has 108 valence electrons. The summed E-state index contributed by atoms with van der Waals surface area (Å²) in [6.45, 7) is 1.29. The van der Waals surface area contributed by atoms with E-state index in [0.717, 1.165) is 12.8 Å². The Kier molecular flexibility index (Phi) is 4.07. The molecule has 0 radical (unpaired) electrons. The van der Waals surface area contributed by atoms with Crippen molar-refractivity contribution in [3.8, 4) is 0 Å². The van der Waals surface area contributed by atoms with E-state index in [-0.39, 0.29) is 23.8 Å². The predicted octanol–water partition coefficient (Wildman–Crippen LogP) is 1.16. The zero-order valence-corrected chi connectivity index (χ0v) is 10.7. The van der Waals surface area contributed by atoms with E-state index in [1.165, 1.54) is 12.1 Å². The molecule has 2 heterocycles. The lowest BCUT2D eigenvalue weighted by atomic mass is 10.0. The van der Waals surface area contributed by atoms with Gasteiger partial charge in [0.05, 0.1) is 0 Å². The number of rotatable bonds is 5. The molecule has 1 unspecified atom stereocenters. The maximum atomic E-state index is 12.0. The average Bonchev–Trinajstić information content (AvgIpc) is 3.05. The van der Waals surface area contributed by atoms with Gasteiger partial charge in [0.2, 0.25) is 11.7 Å². The smallest absolute Gasteiger partial charge is 0.371 e. The molecular formula is C13H15NO6. The molecule has 2 N–H and O–H groups in total. The van der Waals surface area contributed by atoms with Crippen LogP contribution in [0.4, 0.5) is 0 Å². The minimum absolute atomic E-state index is 0.0116. The molecule has 1 atom stereocenters. The van der Waals surface area contributed by atoms with Crippen LogP contribution in [0.2, 0.25) is 0 Å². The number of nitrogens with zero attached hydrogens (tertiary/aromatic N) is 1. The number of amides is 1. The number of aliphatic carboxylic acids is 1.